The van der Waals surface area contributed by atoms with Gasteiger partial charge in [-0.3, -0.25) is 5.43 Å². The van der Waals surface area contributed by atoms with Crippen molar-refractivity contribution in [3.8, 4) is 0 Å². The minimum Gasteiger partial charge on any atom is -0.467 e. The summed E-state index contributed by atoms with van der Waals surface area (Å²) in [6.45, 7) is 4.89. The fourth-order valence-corrected chi connectivity index (χ4v) is 3.81. The highest BCUT2D eigenvalue weighted by Gasteiger charge is 2.19. The lowest BCUT2D eigenvalue weighted by atomic mass is 10.1. The van der Waals surface area contributed by atoms with Gasteiger partial charge in [0, 0.05) is 22.7 Å². The van der Waals surface area contributed by atoms with Gasteiger partial charge in [-0.25, -0.2) is 9.38 Å². The second kappa shape index (κ2) is 7.44. The molecule has 3 heterocycles. The van der Waals surface area contributed by atoms with Crippen molar-refractivity contribution in [2.24, 2.45) is 10.1 Å². The third kappa shape index (κ3) is 3.83. The number of aromatic nitrogens is 1. The molecule has 0 saturated carbocycles. The van der Waals surface area contributed by atoms with Gasteiger partial charge in [-0.2, -0.15) is 5.10 Å². The maximum absolute atomic E-state index is 13.0. The maximum atomic E-state index is 13.0. The average molecular weight is 382 g/mol. The van der Waals surface area contributed by atoms with Gasteiger partial charge in [0.25, 0.3) is 0 Å². The predicted molar refractivity (Wildman–Crippen MR) is 107 cm³/mol. The van der Waals surface area contributed by atoms with Crippen LogP contribution in [-0.2, 0) is 6.54 Å². The van der Waals surface area contributed by atoms with Gasteiger partial charge >= 0.3 is 0 Å². The summed E-state index contributed by atoms with van der Waals surface area (Å²) in [4.78, 5) is 4.46. The predicted octanol–water partition coefficient (Wildman–Crippen LogP) is 4.61. The van der Waals surface area contributed by atoms with Gasteiger partial charge in [0.05, 0.1) is 24.2 Å². The molecule has 0 radical (unpaired) electrons. The summed E-state index contributed by atoms with van der Waals surface area (Å²) in [5.41, 5.74) is 8.14. The summed E-state index contributed by atoms with van der Waals surface area (Å²) in [6, 6.07) is 12.1. The molecule has 0 amide bonds. The van der Waals surface area contributed by atoms with E-state index in [-0.39, 0.29) is 5.82 Å². The van der Waals surface area contributed by atoms with E-state index < -0.39 is 0 Å². The van der Waals surface area contributed by atoms with E-state index in [0.717, 1.165) is 34.2 Å². The lowest BCUT2D eigenvalue weighted by molar-refractivity contribution is 0.489. The summed E-state index contributed by atoms with van der Waals surface area (Å²) < 4.78 is 20.7. The number of nitrogens with zero attached hydrogens (tertiary/aromatic N) is 3. The molecule has 2 aromatic heterocycles. The fourth-order valence-electron chi connectivity index (χ4n) is 3.04. The number of hydrazone groups is 1. The molecule has 1 aliphatic heterocycles. The number of amidine groups is 1. The van der Waals surface area contributed by atoms with Crippen LogP contribution in [0.1, 0.15) is 22.7 Å². The number of aliphatic imine (C=N–C) groups is 1. The first-order chi connectivity index (χ1) is 13.1. The van der Waals surface area contributed by atoms with Gasteiger partial charge in [-0.05, 0) is 56.3 Å². The van der Waals surface area contributed by atoms with Crippen LogP contribution in [-0.4, -0.2) is 21.2 Å². The summed E-state index contributed by atoms with van der Waals surface area (Å²) in [5, 5.41) is 5.21. The zero-order valence-electron chi connectivity index (χ0n) is 15.1. The Kier molecular flexibility index (Phi) is 4.85. The molecule has 27 heavy (non-hydrogen) atoms. The second-order valence-corrected chi connectivity index (χ2v) is 7.27. The Morgan fingerprint density at radius 2 is 2.07 bits per heavy atom. The molecule has 7 heteroatoms. The van der Waals surface area contributed by atoms with E-state index in [1.807, 2.05) is 12.1 Å². The maximum Gasteiger partial charge on any atom is 0.182 e. The van der Waals surface area contributed by atoms with Gasteiger partial charge < -0.3 is 8.98 Å². The van der Waals surface area contributed by atoms with E-state index >= 15 is 0 Å². The number of furan rings is 1. The molecule has 0 bridgehead atoms. The standard InChI is InChI=1S/C20H19FN4OS/c1-13-10-18(14(2)25(13)11-17-4-3-9-26-17)19-12-27-20(24-23-19)22-16-7-5-15(21)6-8-16/h3-10H,11-12H2,1-2H3,(H,22,24). The molecular weight excluding hydrogens is 363 g/mol. The van der Waals surface area contributed by atoms with Crippen LogP contribution in [0.3, 0.4) is 0 Å². The lowest BCUT2D eigenvalue weighted by Gasteiger charge is -2.15. The molecule has 0 atom stereocenters. The Bertz CT molecular complexity index is 1000. The Labute approximate surface area is 161 Å². The van der Waals surface area contributed by atoms with Gasteiger partial charge in [0.1, 0.15) is 11.6 Å². The van der Waals surface area contributed by atoms with Crippen LogP contribution in [0.4, 0.5) is 10.1 Å². The molecule has 0 spiro atoms. The summed E-state index contributed by atoms with van der Waals surface area (Å²) in [6.07, 6.45) is 1.69. The summed E-state index contributed by atoms with van der Waals surface area (Å²) >= 11 is 1.58. The second-order valence-electron chi connectivity index (χ2n) is 6.30. The van der Waals surface area contributed by atoms with Crippen LogP contribution in [0.2, 0.25) is 0 Å². The van der Waals surface area contributed by atoms with Crippen LogP contribution in [0, 0.1) is 19.7 Å². The minimum absolute atomic E-state index is 0.270. The van der Waals surface area contributed by atoms with Crippen LogP contribution in [0.15, 0.2) is 63.2 Å². The Morgan fingerprint density at radius 1 is 1.26 bits per heavy atom. The monoisotopic (exact) mass is 382 g/mol. The first-order valence-corrected chi connectivity index (χ1v) is 9.58. The number of halogens is 1. The molecule has 138 valence electrons. The van der Waals surface area contributed by atoms with Crippen molar-refractivity contribution in [2.75, 3.05) is 5.75 Å². The van der Waals surface area contributed by atoms with Crippen LogP contribution < -0.4 is 5.43 Å². The van der Waals surface area contributed by atoms with Gasteiger partial charge in [0.15, 0.2) is 5.17 Å². The first-order valence-electron chi connectivity index (χ1n) is 8.59. The smallest absolute Gasteiger partial charge is 0.182 e. The van der Waals surface area contributed by atoms with Crippen LogP contribution in [0.25, 0.3) is 0 Å². The quantitative estimate of drug-likeness (QED) is 0.717. The third-order valence-electron chi connectivity index (χ3n) is 4.47. The molecule has 0 unspecified atom stereocenters. The Balaban J connectivity index is 1.53. The summed E-state index contributed by atoms with van der Waals surface area (Å²) in [5.74, 6) is 1.38. The molecule has 1 N–H and O–H groups in total. The van der Waals surface area contributed by atoms with Crippen molar-refractivity contribution in [1.82, 2.24) is 9.99 Å². The van der Waals surface area contributed by atoms with E-state index in [4.69, 9.17) is 4.42 Å². The molecule has 1 aromatic carbocycles. The SMILES string of the molecule is Cc1cc(C2=NNC(=Nc3ccc(F)cc3)SC2)c(C)n1Cc1ccco1. The van der Waals surface area contributed by atoms with Gasteiger partial charge in [0.2, 0.25) is 0 Å². The van der Waals surface area contributed by atoms with E-state index in [1.165, 1.54) is 12.1 Å². The molecule has 0 aliphatic carbocycles. The van der Waals surface area contributed by atoms with E-state index in [2.05, 4.69) is 40.0 Å². The number of hydrogen-bond acceptors (Lipinski definition) is 4. The van der Waals surface area contributed by atoms with Crippen molar-refractivity contribution in [2.45, 2.75) is 20.4 Å². The number of hydrogen-bond donors (Lipinski definition) is 1. The van der Waals surface area contributed by atoms with Crippen molar-refractivity contribution >= 4 is 28.3 Å². The molecule has 0 fully saturated rings. The zero-order valence-corrected chi connectivity index (χ0v) is 15.9. The highest BCUT2D eigenvalue weighted by Crippen LogP contribution is 2.23. The third-order valence-corrected chi connectivity index (χ3v) is 5.34. The first kappa shape index (κ1) is 17.6. The Morgan fingerprint density at radius 3 is 2.74 bits per heavy atom. The normalized spacial score (nSPS) is 15.7. The molecule has 1 aliphatic rings. The number of benzene rings is 1. The van der Waals surface area contributed by atoms with Crippen molar-refractivity contribution in [3.63, 3.8) is 0 Å². The lowest BCUT2D eigenvalue weighted by Crippen LogP contribution is -2.25. The van der Waals surface area contributed by atoms with E-state index in [0.29, 0.717) is 17.4 Å². The number of thioether (sulfide) groups is 1. The fraction of sp³-hybridized carbons (Fsp3) is 0.200. The molecule has 5 nitrogen and oxygen atoms in total. The van der Waals surface area contributed by atoms with Crippen LogP contribution in [0.5, 0.6) is 0 Å². The highest BCUT2D eigenvalue weighted by atomic mass is 32.2. The Hall–Kier alpha value is -2.80. The topological polar surface area (TPSA) is 54.8 Å². The van der Waals surface area contributed by atoms with Crippen LogP contribution >= 0.6 is 11.8 Å². The zero-order chi connectivity index (χ0) is 18.8. The average Bonchev–Trinajstić information content (AvgIpc) is 3.28. The molecule has 4 rings (SSSR count). The summed E-state index contributed by atoms with van der Waals surface area (Å²) in [7, 11) is 0. The van der Waals surface area contributed by atoms with Gasteiger partial charge in [-0.1, -0.05) is 11.8 Å². The molecule has 3 aromatic rings. The van der Waals surface area contributed by atoms with Crippen molar-refractivity contribution in [3.05, 3.63) is 77.3 Å². The van der Waals surface area contributed by atoms with Crippen molar-refractivity contribution in [1.29, 1.82) is 0 Å². The number of nitrogens with one attached hydrogen (secondary N) is 1. The van der Waals surface area contributed by atoms with E-state index in [9.17, 15) is 4.39 Å². The molecular formula is C20H19FN4OS. The van der Waals surface area contributed by atoms with E-state index in [1.54, 1.807) is 30.2 Å². The largest absolute Gasteiger partial charge is 0.467 e. The van der Waals surface area contributed by atoms with Gasteiger partial charge in [-0.15, -0.1) is 0 Å². The molecule has 0 saturated heterocycles. The minimum atomic E-state index is -0.270. The highest BCUT2D eigenvalue weighted by molar-refractivity contribution is 8.14. The number of aryl methyl sites for hydroxylation is 1. The van der Waals surface area contributed by atoms with Crippen molar-refractivity contribution < 1.29 is 8.81 Å². The number of rotatable bonds is 4.